The predicted octanol–water partition coefficient (Wildman–Crippen LogP) is 3.37. The molecule has 1 rings (SSSR count). The summed E-state index contributed by atoms with van der Waals surface area (Å²) in [5.74, 6) is -0.00263. The molecule has 0 aromatic carbocycles. The molecule has 148 valence electrons. The van der Waals surface area contributed by atoms with Crippen LogP contribution in [0.15, 0.2) is 18.3 Å². The van der Waals surface area contributed by atoms with Crippen LogP contribution < -0.4 is 5.32 Å². The van der Waals surface area contributed by atoms with Gasteiger partial charge in [0.2, 0.25) is 5.91 Å². The van der Waals surface area contributed by atoms with Gasteiger partial charge in [0.1, 0.15) is 6.54 Å². The number of hydrogen-bond acceptors (Lipinski definition) is 2. The molecule has 6 nitrogen and oxygen atoms in total. The van der Waals surface area contributed by atoms with E-state index in [1.807, 2.05) is 62.5 Å². The van der Waals surface area contributed by atoms with Gasteiger partial charge < -0.3 is 19.7 Å². The van der Waals surface area contributed by atoms with E-state index in [1.165, 1.54) is 0 Å². The van der Waals surface area contributed by atoms with E-state index in [-0.39, 0.29) is 24.0 Å². The average molecular weight is 365 g/mol. The molecule has 0 fully saturated rings. The van der Waals surface area contributed by atoms with E-state index in [0.717, 1.165) is 25.0 Å². The standard InChI is InChI=1S/C20H36N4O2/c1-7-9-14-23(15-17-11-10-13-22(17)6)18(25)16-24(12-8-2)19(26)21-20(3,4)5/h10-11,13H,7-9,12,14-16H2,1-6H3,(H,21,26). The van der Waals surface area contributed by atoms with Crippen molar-refractivity contribution >= 4 is 11.9 Å². The molecule has 0 atom stereocenters. The van der Waals surface area contributed by atoms with Crippen LogP contribution >= 0.6 is 0 Å². The number of nitrogens with zero attached hydrogens (tertiary/aromatic N) is 3. The minimum atomic E-state index is -0.322. The van der Waals surface area contributed by atoms with E-state index in [0.29, 0.717) is 19.6 Å². The summed E-state index contributed by atoms with van der Waals surface area (Å²) in [5, 5.41) is 2.96. The normalized spacial score (nSPS) is 11.3. The molecular weight excluding hydrogens is 328 g/mol. The molecule has 0 saturated carbocycles. The Labute approximate surface area is 158 Å². The lowest BCUT2D eigenvalue weighted by atomic mass is 10.1. The fourth-order valence-electron chi connectivity index (χ4n) is 2.68. The summed E-state index contributed by atoms with van der Waals surface area (Å²) in [4.78, 5) is 29.0. The second-order valence-corrected chi connectivity index (χ2v) is 7.88. The van der Waals surface area contributed by atoms with Crippen LogP contribution in [0.3, 0.4) is 0 Å². The monoisotopic (exact) mass is 364 g/mol. The minimum absolute atomic E-state index is 0.00263. The summed E-state index contributed by atoms with van der Waals surface area (Å²) < 4.78 is 2.03. The van der Waals surface area contributed by atoms with Gasteiger partial charge >= 0.3 is 6.03 Å². The Morgan fingerprint density at radius 3 is 2.31 bits per heavy atom. The van der Waals surface area contributed by atoms with E-state index in [9.17, 15) is 9.59 Å². The molecule has 1 heterocycles. The van der Waals surface area contributed by atoms with Crippen molar-refractivity contribution in [2.75, 3.05) is 19.6 Å². The summed E-state index contributed by atoms with van der Waals surface area (Å²) >= 11 is 0. The molecule has 0 spiro atoms. The predicted molar refractivity (Wildman–Crippen MR) is 106 cm³/mol. The van der Waals surface area contributed by atoms with Gasteiger partial charge in [-0.3, -0.25) is 4.79 Å². The third-order valence-electron chi connectivity index (χ3n) is 4.13. The summed E-state index contributed by atoms with van der Waals surface area (Å²) in [6, 6.07) is 3.84. The first-order valence-corrected chi connectivity index (χ1v) is 9.63. The number of aromatic nitrogens is 1. The maximum Gasteiger partial charge on any atom is 0.318 e. The highest BCUT2D eigenvalue weighted by Crippen LogP contribution is 2.09. The van der Waals surface area contributed by atoms with E-state index in [2.05, 4.69) is 12.2 Å². The Bertz CT molecular complexity index is 575. The summed E-state index contributed by atoms with van der Waals surface area (Å²) in [5.41, 5.74) is 0.771. The number of carbonyl (C=O) groups is 2. The molecule has 0 aliphatic rings. The van der Waals surface area contributed by atoms with Gasteiger partial charge in [0, 0.05) is 37.6 Å². The van der Waals surface area contributed by atoms with Gasteiger partial charge in [0.05, 0.1) is 6.54 Å². The van der Waals surface area contributed by atoms with Crippen molar-refractivity contribution in [2.45, 2.75) is 66.0 Å². The van der Waals surface area contributed by atoms with Gasteiger partial charge in [0.15, 0.2) is 0 Å². The van der Waals surface area contributed by atoms with Crippen molar-refractivity contribution in [3.63, 3.8) is 0 Å². The lowest BCUT2D eigenvalue weighted by Gasteiger charge is -2.30. The number of nitrogens with one attached hydrogen (secondary N) is 1. The summed E-state index contributed by atoms with van der Waals surface area (Å²) in [7, 11) is 1.98. The summed E-state index contributed by atoms with van der Waals surface area (Å²) in [6.45, 7) is 11.9. The number of hydrogen-bond donors (Lipinski definition) is 1. The van der Waals surface area contributed by atoms with Crippen LogP contribution in [0, 0.1) is 0 Å². The number of unbranched alkanes of at least 4 members (excludes halogenated alkanes) is 1. The van der Waals surface area contributed by atoms with Crippen LogP contribution in [0.25, 0.3) is 0 Å². The maximum absolute atomic E-state index is 12.9. The molecule has 0 radical (unpaired) electrons. The minimum Gasteiger partial charge on any atom is -0.353 e. The van der Waals surface area contributed by atoms with Crippen molar-refractivity contribution < 1.29 is 9.59 Å². The number of carbonyl (C=O) groups excluding carboxylic acids is 2. The largest absolute Gasteiger partial charge is 0.353 e. The topological polar surface area (TPSA) is 57.6 Å². The molecular formula is C20H36N4O2. The van der Waals surface area contributed by atoms with Crippen LogP contribution in [0.5, 0.6) is 0 Å². The van der Waals surface area contributed by atoms with Gasteiger partial charge in [-0.05, 0) is 45.7 Å². The van der Waals surface area contributed by atoms with Crippen molar-refractivity contribution in [1.82, 2.24) is 19.7 Å². The van der Waals surface area contributed by atoms with Crippen LogP contribution in [0.2, 0.25) is 0 Å². The molecule has 0 saturated heterocycles. The van der Waals surface area contributed by atoms with E-state index < -0.39 is 0 Å². The molecule has 26 heavy (non-hydrogen) atoms. The maximum atomic E-state index is 12.9. The fourth-order valence-corrected chi connectivity index (χ4v) is 2.68. The molecule has 0 aliphatic heterocycles. The van der Waals surface area contributed by atoms with Crippen LogP contribution in [-0.4, -0.2) is 51.5 Å². The quantitative estimate of drug-likeness (QED) is 0.730. The molecule has 0 unspecified atom stereocenters. The highest BCUT2D eigenvalue weighted by molar-refractivity contribution is 5.84. The Morgan fingerprint density at radius 1 is 1.12 bits per heavy atom. The third-order valence-corrected chi connectivity index (χ3v) is 4.13. The van der Waals surface area contributed by atoms with Crippen molar-refractivity contribution in [2.24, 2.45) is 7.05 Å². The number of amides is 3. The number of aryl methyl sites for hydroxylation is 1. The average Bonchev–Trinajstić information content (AvgIpc) is 2.94. The highest BCUT2D eigenvalue weighted by atomic mass is 16.2. The van der Waals surface area contributed by atoms with Gasteiger partial charge in [-0.2, -0.15) is 0 Å². The molecule has 0 bridgehead atoms. The lowest BCUT2D eigenvalue weighted by Crippen LogP contribution is -2.51. The van der Waals surface area contributed by atoms with Crippen molar-refractivity contribution in [3.05, 3.63) is 24.0 Å². The van der Waals surface area contributed by atoms with Gasteiger partial charge in [0.25, 0.3) is 0 Å². The number of rotatable bonds is 9. The zero-order chi connectivity index (χ0) is 19.7. The van der Waals surface area contributed by atoms with E-state index >= 15 is 0 Å². The SMILES string of the molecule is CCCCN(Cc1cccn1C)C(=O)CN(CCC)C(=O)NC(C)(C)C. The van der Waals surface area contributed by atoms with Crippen molar-refractivity contribution in [1.29, 1.82) is 0 Å². The third kappa shape index (κ3) is 7.50. The first-order valence-electron chi connectivity index (χ1n) is 9.63. The van der Waals surface area contributed by atoms with Gasteiger partial charge in [-0.15, -0.1) is 0 Å². The van der Waals surface area contributed by atoms with Crippen LogP contribution in [-0.2, 0) is 18.4 Å². The lowest BCUT2D eigenvalue weighted by molar-refractivity contribution is -0.132. The molecule has 6 heteroatoms. The van der Waals surface area contributed by atoms with Gasteiger partial charge in [-0.25, -0.2) is 4.79 Å². The summed E-state index contributed by atoms with van der Waals surface area (Å²) in [6.07, 6.45) is 4.79. The molecule has 1 N–H and O–H groups in total. The van der Waals surface area contributed by atoms with E-state index in [4.69, 9.17) is 0 Å². The first kappa shape index (κ1) is 22.1. The molecule has 1 aromatic heterocycles. The second-order valence-electron chi connectivity index (χ2n) is 7.88. The first-order chi connectivity index (χ1) is 12.2. The Kier molecular flexibility index (Phi) is 8.69. The van der Waals surface area contributed by atoms with Gasteiger partial charge in [-0.1, -0.05) is 20.3 Å². The second kappa shape index (κ2) is 10.2. The fraction of sp³-hybridized carbons (Fsp3) is 0.700. The number of urea groups is 1. The molecule has 3 amide bonds. The molecule has 1 aromatic rings. The molecule has 0 aliphatic carbocycles. The van der Waals surface area contributed by atoms with Crippen LogP contribution in [0.1, 0.15) is 59.6 Å². The Hall–Kier alpha value is -1.98. The highest BCUT2D eigenvalue weighted by Gasteiger charge is 2.24. The van der Waals surface area contributed by atoms with Crippen molar-refractivity contribution in [3.8, 4) is 0 Å². The smallest absolute Gasteiger partial charge is 0.318 e. The van der Waals surface area contributed by atoms with Crippen LogP contribution in [0.4, 0.5) is 4.79 Å². The zero-order valence-corrected chi connectivity index (χ0v) is 17.3. The Balaban J connectivity index is 2.83. The Morgan fingerprint density at radius 2 is 1.81 bits per heavy atom. The van der Waals surface area contributed by atoms with E-state index in [1.54, 1.807) is 4.90 Å². The zero-order valence-electron chi connectivity index (χ0n) is 17.3.